The standard InChI is InChI=1S/C10H9N3O/c11-9-4-3-7(6-13-9)8-2-1-5-12-10(8)14/h1-6H,(H2,11,13)(H,12,14). The largest absolute Gasteiger partial charge is 0.384 e. The lowest BCUT2D eigenvalue weighted by atomic mass is 10.1. The van der Waals surface area contributed by atoms with Crippen molar-refractivity contribution in [3.05, 3.63) is 47.0 Å². The first-order valence-electron chi connectivity index (χ1n) is 4.17. The number of hydrogen-bond acceptors (Lipinski definition) is 3. The van der Waals surface area contributed by atoms with E-state index in [-0.39, 0.29) is 5.56 Å². The lowest BCUT2D eigenvalue weighted by Crippen LogP contribution is -2.07. The number of nitrogens with two attached hydrogens (primary N) is 1. The van der Waals surface area contributed by atoms with E-state index in [0.29, 0.717) is 11.4 Å². The molecule has 2 aromatic heterocycles. The fraction of sp³-hybridized carbons (Fsp3) is 0. The quantitative estimate of drug-likeness (QED) is 0.700. The molecular weight excluding hydrogens is 178 g/mol. The van der Waals surface area contributed by atoms with Crippen molar-refractivity contribution in [3.8, 4) is 11.1 Å². The third kappa shape index (κ3) is 1.50. The second-order valence-electron chi connectivity index (χ2n) is 2.88. The molecule has 0 aliphatic rings. The maximum absolute atomic E-state index is 11.4. The van der Waals surface area contributed by atoms with Gasteiger partial charge in [-0.25, -0.2) is 4.98 Å². The number of nitrogen functional groups attached to an aromatic ring is 1. The lowest BCUT2D eigenvalue weighted by molar-refractivity contribution is 1.23. The summed E-state index contributed by atoms with van der Waals surface area (Å²) in [6.45, 7) is 0. The van der Waals surface area contributed by atoms with Gasteiger partial charge in [0.05, 0.1) is 0 Å². The van der Waals surface area contributed by atoms with Crippen LogP contribution in [0.3, 0.4) is 0 Å². The molecule has 0 unspecified atom stereocenters. The van der Waals surface area contributed by atoms with Gasteiger partial charge in [0.15, 0.2) is 0 Å². The molecule has 70 valence electrons. The zero-order valence-electron chi connectivity index (χ0n) is 7.40. The zero-order chi connectivity index (χ0) is 9.97. The molecule has 0 saturated carbocycles. The Morgan fingerprint density at radius 3 is 2.79 bits per heavy atom. The van der Waals surface area contributed by atoms with E-state index in [9.17, 15) is 4.79 Å². The number of aromatic nitrogens is 2. The van der Waals surface area contributed by atoms with Gasteiger partial charge in [0.2, 0.25) is 0 Å². The van der Waals surface area contributed by atoms with Crippen LogP contribution in [0.25, 0.3) is 11.1 Å². The number of rotatable bonds is 1. The first kappa shape index (κ1) is 8.50. The molecule has 0 bridgehead atoms. The van der Waals surface area contributed by atoms with Crippen LogP contribution in [0, 0.1) is 0 Å². The van der Waals surface area contributed by atoms with Gasteiger partial charge >= 0.3 is 0 Å². The van der Waals surface area contributed by atoms with Crippen LogP contribution in [0.2, 0.25) is 0 Å². The Balaban J connectivity index is 2.56. The van der Waals surface area contributed by atoms with Crippen molar-refractivity contribution in [1.82, 2.24) is 9.97 Å². The van der Waals surface area contributed by atoms with Crippen molar-refractivity contribution in [2.75, 3.05) is 5.73 Å². The van der Waals surface area contributed by atoms with Crippen molar-refractivity contribution in [3.63, 3.8) is 0 Å². The van der Waals surface area contributed by atoms with E-state index in [1.165, 1.54) is 0 Å². The van der Waals surface area contributed by atoms with Crippen molar-refractivity contribution in [2.24, 2.45) is 0 Å². The highest BCUT2D eigenvalue weighted by atomic mass is 16.1. The summed E-state index contributed by atoms with van der Waals surface area (Å²) < 4.78 is 0. The van der Waals surface area contributed by atoms with Gasteiger partial charge in [0.1, 0.15) is 5.82 Å². The van der Waals surface area contributed by atoms with E-state index in [1.807, 2.05) is 0 Å². The molecule has 4 heteroatoms. The van der Waals surface area contributed by atoms with Gasteiger partial charge in [-0.05, 0) is 24.3 Å². The predicted molar refractivity (Wildman–Crippen MR) is 54.7 cm³/mol. The Kier molecular flexibility index (Phi) is 2.02. The molecule has 3 N–H and O–H groups in total. The molecule has 0 aromatic carbocycles. The summed E-state index contributed by atoms with van der Waals surface area (Å²) in [5.41, 5.74) is 6.68. The van der Waals surface area contributed by atoms with E-state index < -0.39 is 0 Å². The topological polar surface area (TPSA) is 71.8 Å². The van der Waals surface area contributed by atoms with Gasteiger partial charge in [-0.3, -0.25) is 4.79 Å². The van der Waals surface area contributed by atoms with E-state index in [0.717, 1.165) is 5.56 Å². The van der Waals surface area contributed by atoms with Crippen molar-refractivity contribution in [2.45, 2.75) is 0 Å². The Morgan fingerprint density at radius 2 is 2.14 bits per heavy atom. The zero-order valence-corrected chi connectivity index (χ0v) is 7.40. The highest BCUT2D eigenvalue weighted by molar-refractivity contribution is 5.61. The van der Waals surface area contributed by atoms with E-state index >= 15 is 0 Å². The molecule has 0 fully saturated rings. The summed E-state index contributed by atoms with van der Waals surface area (Å²) in [6, 6.07) is 6.95. The monoisotopic (exact) mass is 187 g/mol. The maximum Gasteiger partial charge on any atom is 0.255 e. The smallest absolute Gasteiger partial charge is 0.255 e. The second-order valence-corrected chi connectivity index (χ2v) is 2.88. The molecule has 0 amide bonds. The van der Waals surface area contributed by atoms with Crippen LogP contribution in [0.1, 0.15) is 0 Å². The summed E-state index contributed by atoms with van der Waals surface area (Å²) in [6.07, 6.45) is 3.18. The van der Waals surface area contributed by atoms with E-state index in [2.05, 4.69) is 9.97 Å². The Bertz CT molecular complexity index is 487. The minimum absolute atomic E-state index is 0.126. The molecule has 0 spiro atoms. The fourth-order valence-electron chi connectivity index (χ4n) is 1.21. The number of nitrogens with one attached hydrogen (secondary N) is 1. The van der Waals surface area contributed by atoms with Crippen LogP contribution in [0.15, 0.2) is 41.5 Å². The van der Waals surface area contributed by atoms with Gasteiger partial charge in [-0.15, -0.1) is 0 Å². The summed E-state index contributed by atoms with van der Waals surface area (Å²) in [7, 11) is 0. The van der Waals surface area contributed by atoms with Crippen LogP contribution in [-0.4, -0.2) is 9.97 Å². The van der Waals surface area contributed by atoms with Gasteiger partial charge in [-0.2, -0.15) is 0 Å². The van der Waals surface area contributed by atoms with Crippen molar-refractivity contribution in [1.29, 1.82) is 0 Å². The second kappa shape index (κ2) is 3.33. The van der Waals surface area contributed by atoms with Gasteiger partial charge in [-0.1, -0.05) is 0 Å². The maximum atomic E-state index is 11.4. The average molecular weight is 187 g/mol. The molecule has 2 heterocycles. The number of nitrogens with zero attached hydrogens (tertiary/aromatic N) is 1. The normalized spacial score (nSPS) is 10.0. The minimum Gasteiger partial charge on any atom is -0.384 e. The van der Waals surface area contributed by atoms with Crippen molar-refractivity contribution >= 4 is 5.82 Å². The molecule has 4 nitrogen and oxygen atoms in total. The van der Waals surface area contributed by atoms with Gasteiger partial charge in [0.25, 0.3) is 5.56 Å². The molecule has 0 saturated heterocycles. The third-order valence-electron chi connectivity index (χ3n) is 1.92. The fourth-order valence-corrected chi connectivity index (χ4v) is 1.21. The van der Waals surface area contributed by atoms with Crippen molar-refractivity contribution < 1.29 is 0 Å². The molecule has 0 aliphatic heterocycles. The van der Waals surface area contributed by atoms with Crippen LogP contribution in [-0.2, 0) is 0 Å². The first-order valence-corrected chi connectivity index (χ1v) is 4.17. The number of aromatic amines is 1. The highest BCUT2D eigenvalue weighted by Gasteiger charge is 2.01. The van der Waals surface area contributed by atoms with Gasteiger partial charge < -0.3 is 10.7 Å². The first-order chi connectivity index (χ1) is 6.77. The van der Waals surface area contributed by atoms with Crippen LogP contribution < -0.4 is 11.3 Å². The van der Waals surface area contributed by atoms with E-state index in [4.69, 9.17) is 5.73 Å². The summed E-state index contributed by atoms with van der Waals surface area (Å²) in [4.78, 5) is 17.9. The van der Waals surface area contributed by atoms with E-state index in [1.54, 1.807) is 36.7 Å². The number of pyridine rings is 2. The summed E-state index contributed by atoms with van der Waals surface area (Å²) in [5, 5.41) is 0. The SMILES string of the molecule is Nc1ccc(-c2ccc[nH]c2=O)cn1. The Hall–Kier alpha value is -2.10. The minimum atomic E-state index is -0.126. The Morgan fingerprint density at radius 1 is 1.29 bits per heavy atom. The highest BCUT2D eigenvalue weighted by Crippen LogP contribution is 2.13. The molecule has 0 radical (unpaired) electrons. The number of H-pyrrole nitrogens is 1. The van der Waals surface area contributed by atoms with Crippen LogP contribution in [0.5, 0.6) is 0 Å². The molecule has 0 aliphatic carbocycles. The third-order valence-corrected chi connectivity index (χ3v) is 1.92. The summed E-state index contributed by atoms with van der Waals surface area (Å²) in [5.74, 6) is 0.445. The molecular formula is C10H9N3O. The molecule has 2 aromatic rings. The number of anilines is 1. The predicted octanol–water partition coefficient (Wildman–Crippen LogP) is 1.02. The summed E-state index contributed by atoms with van der Waals surface area (Å²) >= 11 is 0. The average Bonchev–Trinajstić information content (AvgIpc) is 2.20. The Labute approximate surface area is 80.4 Å². The van der Waals surface area contributed by atoms with Crippen LogP contribution >= 0.6 is 0 Å². The molecule has 14 heavy (non-hydrogen) atoms. The molecule has 2 rings (SSSR count). The number of hydrogen-bond donors (Lipinski definition) is 2. The van der Waals surface area contributed by atoms with Crippen LogP contribution in [0.4, 0.5) is 5.82 Å². The molecule has 0 atom stereocenters. The van der Waals surface area contributed by atoms with Gasteiger partial charge in [0, 0.05) is 23.5 Å². The lowest BCUT2D eigenvalue weighted by Gasteiger charge is -1.99.